The van der Waals surface area contributed by atoms with Gasteiger partial charge in [0.2, 0.25) is 0 Å². The van der Waals surface area contributed by atoms with E-state index in [0.29, 0.717) is 6.04 Å². The maximum Gasteiger partial charge on any atom is 0.0762 e. The molecule has 0 spiro atoms. The van der Waals surface area contributed by atoms with Crippen molar-refractivity contribution in [2.45, 2.75) is 83.7 Å². The zero-order chi connectivity index (χ0) is 14.0. The molecule has 2 rings (SSSR count). The van der Waals surface area contributed by atoms with Crippen LogP contribution in [0.3, 0.4) is 0 Å². The molecule has 20 heavy (non-hydrogen) atoms. The van der Waals surface area contributed by atoms with E-state index in [4.69, 9.17) is 5.10 Å². The van der Waals surface area contributed by atoms with Gasteiger partial charge in [-0.15, -0.1) is 0 Å². The van der Waals surface area contributed by atoms with Crippen LogP contribution in [0, 0.1) is 0 Å². The molecule has 1 N–H and O–H groups in total. The molecule has 3 heteroatoms. The molecule has 0 unspecified atom stereocenters. The average molecular weight is 277 g/mol. The first kappa shape index (κ1) is 15.6. The van der Waals surface area contributed by atoms with Crippen molar-refractivity contribution < 1.29 is 0 Å². The van der Waals surface area contributed by atoms with Crippen molar-refractivity contribution in [2.24, 2.45) is 0 Å². The number of nitrogens with zero attached hydrogens (tertiary/aromatic N) is 2. The highest BCUT2D eigenvalue weighted by Gasteiger charge is 2.17. The Hall–Kier alpha value is -0.830. The highest BCUT2D eigenvalue weighted by Crippen LogP contribution is 2.28. The summed E-state index contributed by atoms with van der Waals surface area (Å²) in [7, 11) is 0. The van der Waals surface area contributed by atoms with Crippen LogP contribution in [0.1, 0.15) is 82.9 Å². The Morgan fingerprint density at radius 3 is 2.70 bits per heavy atom. The molecule has 1 heterocycles. The molecule has 3 nitrogen and oxygen atoms in total. The van der Waals surface area contributed by atoms with Crippen molar-refractivity contribution in [3.63, 3.8) is 0 Å². The minimum absolute atomic E-state index is 0.669. The maximum absolute atomic E-state index is 4.70. The summed E-state index contributed by atoms with van der Waals surface area (Å²) in [5, 5.41) is 8.23. The maximum atomic E-state index is 4.70. The summed E-state index contributed by atoms with van der Waals surface area (Å²) < 4.78 is 2.19. The molecule has 114 valence electrons. The molecule has 1 aromatic heterocycles. The number of unbranched alkanes of at least 4 members (excludes halogenated alkanes) is 5. The number of hydrogen-bond acceptors (Lipinski definition) is 2. The lowest BCUT2D eigenvalue weighted by Gasteiger charge is -2.09. The van der Waals surface area contributed by atoms with Crippen molar-refractivity contribution in [1.29, 1.82) is 0 Å². The van der Waals surface area contributed by atoms with Gasteiger partial charge in [0, 0.05) is 12.7 Å². The first-order chi connectivity index (χ1) is 9.90. The van der Waals surface area contributed by atoms with Gasteiger partial charge < -0.3 is 5.32 Å². The second kappa shape index (κ2) is 9.17. The molecular formula is C17H31N3. The SMILES string of the molecule is CCCCCCCCNCc1ccn(C2CCCC2)n1. The first-order valence-electron chi connectivity index (χ1n) is 8.65. The lowest BCUT2D eigenvalue weighted by molar-refractivity contribution is 0.460. The normalized spacial score (nSPS) is 16.1. The van der Waals surface area contributed by atoms with E-state index in [-0.39, 0.29) is 0 Å². The van der Waals surface area contributed by atoms with Crippen LogP contribution in [-0.2, 0) is 6.54 Å². The highest BCUT2D eigenvalue weighted by atomic mass is 15.3. The number of rotatable bonds is 10. The monoisotopic (exact) mass is 277 g/mol. The van der Waals surface area contributed by atoms with Gasteiger partial charge in [-0.3, -0.25) is 4.68 Å². The van der Waals surface area contributed by atoms with Gasteiger partial charge in [0.15, 0.2) is 0 Å². The number of hydrogen-bond donors (Lipinski definition) is 1. The molecule has 1 saturated carbocycles. The van der Waals surface area contributed by atoms with E-state index in [1.807, 2.05) is 0 Å². The molecule has 0 saturated heterocycles. The third kappa shape index (κ3) is 5.28. The summed E-state index contributed by atoms with van der Waals surface area (Å²) in [6.45, 7) is 4.32. The van der Waals surface area contributed by atoms with Gasteiger partial charge in [0.1, 0.15) is 0 Å². The minimum atomic E-state index is 0.669. The zero-order valence-electron chi connectivity index (χ0n) is 13.1. The van der Waals surface area contributed by atoms with Crippen LogP contribution in [-0.4, -0.2) is 16.3 Å². The van der Waals surface area contributed by atoms with Gasteiger partial charge in [-0.25, -0.2) is 0 Å². The molecule has 1 aromatic rings. The van der Waals surface area contributed by atoms with Gasteiger partial charge in [-0.1, -0.05) is 51.9 Å². The van der Waals surface area contributed by atoms with E-state index in [0.717, 1.165) is 13.1 Å². The Bertz CT molecular complexity index is 353. The summed E-state index contributed by atoms with van der Waals surface area (Å²) in [5.74, 6) is 0. The van der Waals surface area contributed by atoms with Gasteiger partial charge in [0.05, 0.1) is 11.7 Å². The summed E-state index contributed by atoms with van der Waals surface area (Å²) in [5.41, 5.74) is 1.20. The molecule has 1 aliphatic carbocycles. The van der Waals surface area contributed by atoms with Crippen molar-refractivity contribution in [1.82, 2.24) is 15.1 Å². The largest absolute Gasteiger partial charge is 0.311 e. The van der Waals surface area contributed by atoms with Crippen molar-refractivity contribution in [2.75, 3.05) is 6.54 Å². The average Bonchev–Trinajstić information content (AvgIpc) is 3.12. The predicted octanol–water partition coefficient (Wildman–Crippen LogP) is 4.45. The fraction of sp³-hybridized carbons (Fsp3) is 0.824. The molecular weight excluding hydrogens is 246 g/mol. The quantitative estimate of drug-likeness (QED) is 0.640. The molecule has 0 amide bonds. The van der Waals surface area contributed by atoms with E-state index >= 15 is 0 Å². The summed E-state index contributed by atoms with van der Waals surface area (Å²) in [6.07, 6.45) is 15.7. The lowest BCUT2D eigenvalue weighted by atomic mass is 10.1. The van der Waals surface area contributed by atoms with Crippen LogP contribution in [0.25, 0.3) is 0 Å². The third-order valence-electron chi connectivity index (χ3n) is 4.38. The molecule has 1 fully saturated rings. The van der Waals surface area contributed by atoms with E-state index < -0.39 is 0 Å². The topological polar surface area (TPSA) is 29.9 Å². The molecule has 1 aliphatic rings. The Labute approximate surface area is 124 Å². The van der Waals surface area contributed by atoms with E-state index in [1.165, 1.54) is 69.9 Å². The van der Waals surface area contributed by atoms with E-state index in [2.05, 4.69) is 29.2 Å². The molecule has 0 aliphatic heterocycles. The Balaban J connectivity index is 1.53. The fourth-order valence-electron chi connectivity index (χ4n) is 3.09. The van der Waals surface area contributed by atoms with Gasteiger partial charge in [-0.05, 0) is 31.9 Å². The van der Waals surface area contributed by atoms with Gasteiger partial charge >= 0.3 is 0 Å². The highest BCUT2D eigenvalue weighted by molar-refractivity contribution is 4.99. The van der Waals surface area contributed by atoms with Crippen LogP contribution < -0.4 is 5.32 Å². The predicted molar refractivity (Wildman–Crippen MR) is 84.8 cm³/mol. The Kier molecular flexibility index (Phi) is 7.13. The van der Waals surface area contributed by atoms with E-state index in [9.17, 15) is 0 Å². The van der Waals surface area contributed by atoms with Crippen LogP contribution in [0.5, 0.6) is 0 Å². The van der Waals surface area contributed by atoms with E-state index in [1.54, 1.807) is 0 Å². The van der Waals surface area contributed by atoms with Crippen molar-refractivity contribution in [3.8, 4) is 0 Å². The van der Waals surface area contributed by atoms with Crippen LogP contribution in [0.2, 0.25) is 0 Å². The third-order valence-corrected chi connectivity index (χ3v) is 4.38. The summed E-state index contributed by atoms with van der Waals surface area (Å²) in [6, 6.07) is 2.84. The van der Waals surface area contributed by atoms with Gasteiger partial charge in [0.25, 0.3) is 0 Å². The molecule has 0 radical (unpaired) electrons. The van der Waals surface area contributed by atoms with Crippen molar-refractivity contribution >= 4 is 0 Å². The van der Waals surface area contributed by atoms with Crippen LogP contribution in [0.4, 0.5) is 0 Å². The molecule has 0 atom stereocenters. The summed E-state index contributed by atoms with van der Waals surface area (Å²) in [4.78, 5) is 0. The second-order valence-electron chi connectivity index (χ2n) is 6.17. The summed E-state index contributed by atoms with van der Waals surface area (Å²) >= 11 is 0. The lowest BCUT2D eigenvalue weighted by Crippen LogP contribution is -2.15. The van der Waals surface area contributed by atoms with Crippen LogP contribution >= 0.6 is 0 Å². The Morgan fingerprint density at radius 1 is 1.15 bits per heavy atom. The smallest absolute Gasteiger partial charge is 0.0762 e. The van der Waals surface area contributed by atoms with Gasteiger partial charge in [-0.2, -0.15) is 5.10 Å². The molecule has 0 bridgehead atoms. The number of nitrogens with one attached hydrogen (secondary N) is 1. The zero-order valence-corrected chi connectivity index (χ0v) is 13.1. The van der Waals surface area contributed by atoms with Crippen LogP contribution in [0.15, 0.2) is 12.3 Å². The standard InChI is InChI=1S/C17H31N3/c1-2-3-4-5-6-9-13-18-15-16-12-14-20(19-16)17-10-7-8-11-17/h12,14,17-18H,2-11,13,15H2,1H3. The second-order valence-corrected chi connectivity index (χ2v) is 6.17. The minimum Gasteiger partial charge on any atom is -0.311 e. The molecule has 0 aromatic carbocycles. The number of aromatic nitrogens is 2. The first-order valence-corrected chi connectivity index (χ1v) is 8.65. The Morgan fingerprint density at radius 2 is 1.90 bits per heavy atom. The fourth-order valence-corrected chi connectivity index (χ4v) is 3.09. The van der Waals surface area contributed by atoms with Crippen molar-refractivity contribution in [3.05, 3.63) is 18.0 Å².